The number of anilines is 1. The molecule has 3 aromatic rings. The number of benzene rings is 3. The maximum absolute atomic E-state index is 10.4. The zero-order valence-electron chi connectivity index (χ0n) is 17.9. The Morgan fingerprint density at radius 2 is 1.29 bits per heavy atom. The van der Waals surface area contributed by atoms with Crippen molar-refractivity contribution in [3.63, 3.8) is 0 Å². The highest BCUT2D eigenvalue weighted by molar-refractivity contribution is 6.31. The standard InChI is InChI=1S/C9H13N.C8H9NO2.C7H7Cl.2CH4/c1-8-4-6-9(7-5-8)10(2)3;1-6-3-4-7(2)8(5-6)9(10)11;1-6-4-2-3-5-7(6)8;;/h4-7H,1-3H3;3-5H,1-2H3;2-5H,1H3;2*1H4. The van der Waals surface area contributed by atoms with Crippen molar-refractivity contribution < 1.29 is 4.92 Å². The molecular weight excluding hydrogens is 408 g/mol. The van der Waals surface area contributed by atoms with Gasteiger partial charge in [-0.2, -0.15) is 0 Å². The summed E-state index contributed by atoms with van der Waals surface area (Å²) in [7, 11) is 4.09. The van der Waals surface area contributed by atoms with Crippen molar-refractivity contribution >= 4 is 23.0 Å². The van der Waals surface area contributed by atoms with Gasteiger partial charge in [0, 0.05) is 36.4 Å². The first-order valence-electron chi connectivity index (χ1n) is 9.28. The quantitative estimate of drug-likeness (QED) is 0.295. The summed E-state index contributed by atoms with van der Waals surface area (Å²) in [6.45, 7) is 7.66. The van der Waals surface area contributed by atoms with E-state index in [0.29, 0.717) is 5.56 Å². The number of hydrogen-bond donors (Lipinski definition) is 0. The Balaban J connectivity index is 0. The van der Waals surface area contributed by atoms with E-state index in [0.717, 1.165) is 16.1 Å². The minimum Gasteiger partial charge on any atom is -0.378 e. The van der Waals surface area contributed by atoms with Gasteiger partial charge in [0.05, 0.1) is 4.92 Å². The molecule has 0 spiro atoms. The van der Waals surface area contributed by atoms with E-state index in [1.165, 1.54) is 11.3 Å². The Hall–Kier alpha value is -2.85. The zero-order chi connectivity index (χ0) is 22.0. The molecule has 0 fully saturated rings. The molecule has 0 amide bonds. The Kier molecular flexibility index (Phi) is 14.7. The van der Waals surface area contributed by atoms with Gasteiger partial charge in [-0.3, -0.25) is 10.1 Å². The van der Waals surface area contributed by atoms with Crippen LogP contribution in [0.15, 0.2) is 66.7 Å². The van der Waals surface area contributed by atoms with Gasteiger partial charge in [0.15, 0.2) is 0 Å². The fraction of sp³-hybridized carbons (Fsp3) is 0.308. The monoisotopic (exact) mass is 444 g/mol. The van der Waals surface area contributed by atoms with E-state index < -0.39 is 0 Å². The van der Waals surface area contributed by atoms with Crippen LogP contribution in [0.2, 0.25) is 5.02 Å². The number of nitro groups is 1. The number of nitro benzene ring substituents is 1. The van der Waals surface area contributed by atoms with Crippen molar-refractivity contribution in [2.45, 2.75) is 42.5 Å². The average molecular weight is 445 g/mol. The summed E-state index contributed by atoms with van der Waals surface area (Å²) in [6.07, 6.45) is 0. The molecule has 31 heavy (non-hydrogen) atoms. The lowest BCUT2D eigenvalue weighted by molar-refractivity contribution is -0.385. The van der Waals surface area contributed by atoms with Gasteiger partial charge in [-0.1, -0.05) is 74.5 Å². The van der Waals surface area contributed by atoms with Crippen molar-refractivity contribution in [3.8, 4) is 0 Å². The molecule has 0 radical (unpaired) electrons. The predicted molar refractivity (Wildman–Crippen MR) is 138 cm³/mol. The lowest BCUT2D eigenvalue weighted by Crippen LogP contribution is -2.07. The highest BCUT2D eigenvalue weighted by Crippen LogP contribution is 2.18. The van der Waals surface area contributed by atoms with Crippen molar-refractivity contribution in [3.05, 3.63) is 104 Å². The van der Waals surface area contributed by atoms with E-state index in [4.69, 9.17) is 11.6 Å². The highest BCUT2D eigenvalue weighted by atomic mass is 35.5. The third kappa shape index (κ3) is 11.2. The Morgan fingerprint density at radius 3 is 1.68 bits per heavy atom. The number of rotatable bonds is 2. The van der Waals surface area contributed by atoms with Crippen LogP contribution >= 0.6 is 11.6 Å². The normalized spacial score (nSPS) is 8.87. The second-order valence-corrected chi connectivity index (χ2v) is 7.43. The van der Waals surface area contributed by atoms with Gasteiger partial charge in [0.2, 0.25) is 0 Å². The lowest BCUT2D eigenvalue weighted by atomic mass is 10.1. The van der Waals surface area contributed by atoms with Crippen LogP contribution in [0.1, 0.15) is 37.1 Å². The van der Waals surface area contributed by atoms with Gasteiger partial charge in [-0.05, 0) is 57.0 Å². The van der Waals surface area contributed by atoms with Crippen LogP contribution in [0.3, 0.4) is 0 Å². The molecule has 0 bridgehead atoms. The number of halogens is 1. The maximum atomic E-state index is 10.4. The van der Waals surface area contributed by atoms with Crippen LogP contribution in [0.25, 0.3) is 0 Å². The second-order valence-electron chi connectivity index (χ2n) is 7.03. The third-order valence-corrected chi connectivity index (χ3v) is 4.61. The van der Waals surface area contributed by atoms with Crippen molar-refractivity contribution in [2.24, 2.45) is 0 Å². The fourth-order valence-electron chi connectivity index (χ4n) is 2.31. The molecule has 3 rings (SSSR count). The molecule has 0 aromatic heterocycles. The van der Waals surface area contributed by atoms with E-state index in [1.54, 1.807) is 19.1 Å². The molecule has 170 valence electrons. The molecule has 0 unspecified atom stereocenters. The third-order valence-electron chi connectivity index (χ3n) is 4.19. The molecule has 0 aliphatic carbocycles. The van der Waals surface area contributed by atoms with E-state index in [9.17, 15) is 10.1 Å². The van der Waals surface area contributed by atoms with Gasteiger partial charge in [-0.15, -0.1) is 0 Å². The minimum atomic E-state index is -0.359. The van der Waals surface area contributed by atoms with Crippen molar-refractivity contribution in [1.82, 2.24) is 0 Å². The van der Waals surface area contributed by atoms with Crippen molar-refractivity contribution in [2.75, 3.05) is 19.0 Å². The Morgan fingerprint density at radius 1 is 0.774 bits per heavy atom. The summed E-state index contributed by atoms with van der Waals surface area (Å²) in [5.74, 6) is 0. The molecule has 4 nitrogen and oxygen atoms in total. The average Bonchev–Trinajstić information content (AvgIpc) is 2.67. The summed E-state index contributed by atoms with van der Waals surface area (Å²) in [6, 6.07) is 21.5. The summed E-state index contributed by atoms with van der Waals surface area (Å²) in [5.41, 5.74) is 5.53. The van der Waals surface area contributed by atoms with Crippen LogP contribution in [-0.2, 0) is 0 Å². The molecule has 0 aliphatic rings. The molecule has 3 aromatic carbocycles. The molecule has 5 heteroatoms. The van der Waals surface area contributed by atoms with Gasteiger partial charge < -0.3 is 4.90 Å². The van der Waals surface area contributed by atoms with Gasteiger partial charge in [0.25, 0.3) is 5.69 Å². The molecule has 0 N–H and O–H groups in total. The Labute approximate surface area is 193 Å². The van der Waals surface area contributed by atoms with Gasteiger partial charge in [-0.25, -0.2) is 0 Å². The first-order chi connectivity index (χ1) is 13.6. The van der Waals surface area contributed by atoms with Gasteiger partial charge in [0.1, 0.15) is 0 Å². The molecule has 0 atom stereocenters. The van der Waals surface area contributed by atoms with Crippen molar-refractivity contribution in [1.29, 1.82) is 0 Å². The minimum absolute atomic E-state index is 0. The molecule has 0 aliphatic heterocycles. The topological polar surface area (TPSA) is 46.4 Å². The van der Waals surface area contributed by atoms with Crippen LogP contribution in [0.5, 0.6) is 0 Å². The fourth-order valence-corrected chi connectivity index (χ4v) is 2.45. The summed E-state index contributed by atoms with van der Waals surface area (Å²) < 4.78 is 0. The molecular formula is C26H37ClN2O2. The van der Waals surface area contributed by atoms with E-state index in [2.05, 4.69) is 36.1 Å². The molecule has 0 heterocycles. The lowest BCUT2D eigenvalue weighted by Gasteiger charge is -2.11. The highest BCUT2D eigenvalue weighted by Gasteiger charge is 2.08. The van der Waals surface area contributed by atoms with Crippen LogP contribution < -0.4 is 4.90 Å². The summed E-state index contributed by atoms with van der Waals surface area (Å²) >= 11 is 5.71. The summed E-state index contributed by atoms with van der Waals surface area (Å²) in [5, 5.41) is 11.2. The summed E-state index contributed by atoms with van der Waals surface area (Å²) in [4.78, 5) is 12.1. The van der Waals surface area contributed by atoms with E-state index in [-0.39, 0.29) is 25.5 Å². The first kappa shape index (κ1) is 30.3. The SMILES string of the molecule is C.C.Cc1ccc(C)c([N+](=O)[O-])c1.Cc1ccc(N(C)C)cc1.Cc1ccccc1Cl. The zero-order valence-corrected chi connectivity index (χ0v) is 18.7. The maximum Gasteiger partial charge on any atom is 0.272 e. The van der Waals surface area contributed by atoms with Crippen LogP contribution in [-0.4, -0.2) is 19.0 Å². The first-order valence-corrected chi connectivity index (χ1v) is 9.66. The Bertz CT molecular complexity index is 902. The smallest absolute Gasteiger partial charge is 0.272 e. The second kappa shape index (κ2) is 15.0. The number of hydrogen-bond acceptors (Lipinski definition) is 3. The molecule has 0 saturated heterocycles. The number of aryl methyl sites for hydroxylation is 4. The predicted octanol–water partition coefficient (Wildman–Crippen LogP) is 8.19. The largest absolute Gasteiger partial charge is 0.378 e. The van der Waals surface area contributed by atoms with Crippen LogP contribution in [0, 0.1) is 37.8 Å². The number of nitrogens with zero attached hydrogens (tertiary/aromatic N) is 2. The van der Waals surface area contributed by atoms with Gasteiger partial charge >= 0.3 is 0 Å². The van der Waals surface area contributed by atoms with Crippen LogP contribution in [0.4, 0.5) is 11.4 Å². The van der Waals surface area contributed by atoms with E-state index in [1.807, 2.05) is 58.3 Å². The molecule has 0 saturated carbocycles. The van der Waals surface area contributed by atoms with E-state index >= 15 is 0 Å².